The van der Waals surface area contributed by atoms with Crippen LogP contribution < -0.4 is 6.15 Å². The van der Waals surface area contributed by atoms with Crippen LogP contribution in [0.15, 0.2) is 11.8 Å². The van der Waals surface area contributed by atoms with Gasteiger partial charge in [-0.2, -0.15) is 0 Å². The number of rotatable bonds is 4. The summed E-state index contributed by atoms with van der Waals surface area (Å²) < 4.78 is 4.92. The minimum Gasteiger partial charge on any atom is -0.462 e. The van der Waals surface area contributed by atoms with Gasteiger partial charge in [0.1, 0.15) is 0 Å². The van der Waals surface area contributed by atoms with Crippen molar-refractivity contribution in [2.45, 2.75) is 20.3 Å². The highest BCUT2D eigenvalue weighted by atomic mass is 16.5. The highest BCUT2D eigenvalue weighted by molar-refractivity contribution is 5.87. The van der Waals surface area contributed by atoms with Crippen LogP contribution in [0, 0.1) is 0 Å². The lowest BCUT2D eigenvalue weighted by atomic mass is 10.3. The largest absolute Gasteiger partial charge is 0.462 e. The second-order valence-electron chi connectivity index (χ2n) is 2.91. The summed E-state index contributed by atoms with van der Waals surface area (Å²) in [5.74, 6) is -0.231. The number of hydrogen-bond donors (Lipinski definition) is 1. The molecule has 0 saturated heterocycles. The molecule has 3 N–H and O–H groups in total. The summed E-state index contributed by atoms with van der Waals surface area (Å²) in [4.78, 5) is 12.9. The van der Waals surface area contributed by atoms with Crippen molar-refractivity contribution in [1.29, 1.82) is 0 Å². The Hall–Kier alpha value is -1.03. The Morgan fingerprint density at radius 3 is 2.38 bits per heavy atom. The normalized spacial score (nSPS) is 10.3. The second kappa shape index (κ2) is 7.61. The summed E-state index contributed by atoms with van der Waals surface area (Å²) in [7, 11) is 3.74. The maximum absolute atomic E-state index is 11.1. The molecule has 0 atom stereocenters. The van der Waals surface area contributed by atoms with Crippen molar-refractivity contribution in [2.75, 3.05) is 20.7 Å². The number of nitrogens with zero attached hydrogens (tertiary/aromatic N) is 1. The molecule has 0 aliphatic rings. The maximum Gasteiger partial charge on any atom is 0.335 e. The average Bonchev–Trinajstić information content (AvgIpc) is 1.98. The van der Waals surface area contributed by atoms with Crippen LogP contribution in [0.2, 0.25) is 0 Å². The Morgan fingerprint density at radius 1 is 1.46 bits per heavy atom. The van der Waals surface area contributed by atoms with Gasteiger partial charge in [-0.25, -0.2) is 4.79 Å². The highest BCUT2D eigenvalue weighted by Crippen LogP contribution is 1.97. The van der Waals surface area contributed by atoms with Gasteiger partial charge in [0.05, 0.1) is 6.61 Å². The van der Waals surface area contributed by atoms with Crippen molar-refractivity contribution < 1.29 is 9.53 Å². The first-order valence-electron chi connectivity index (χ1n) is 4.10. The van der Waals surface area contributed by atoms with Gasteiger partial charge in [0.25, 0.3) is 0 Å². The Labute approximate surface area is 80.1 Å². The summed E-state index contributed by atoms with van der Waals surface area (Å²) in [5, 5.41) is 0. The molecule has 78 valence electrons. The minimum absolute atomic E-state index is 0. The molecule has 0 rings (SSSR count). The Kier molecular flexibility index (Phi) is 8.48. The van der Waals surface area contributed by atoms with E-state index in [9.17, 15) is 4.79 Å². The van der Waals surface area contributed by atoms with Crippen LogP contribution in [-0.4, -0.2) is 31.6 Å². The molecule has 0 aliphatic carbocycles. The zero-order valence-electron chi connectivity index (χ0n) is 8.96. The van der Waals surface area contributed by atoms with E-state index in [0.29, 0.717) is 12.2 Å². The molecule has 0 bridgehead atoms. The number of hydrogen-bond acceptors (Lipinski definition) is 4. The third kappa shape index (κ3) is 7.33. The highest BCUT2D eigenvalue weighted by Gasteiger charge is 2.04. The van der Waals surface area contributed by atoms with E-state index in [1.54, 1.807) is 13.1 Å². The molecule has 0 saturated carbocycles. The first kappa shape index (κ1) is 14.5. The minimum atomic E-state index is -0.231. The fourth-order valence-corrected chi connectivity index (χ4v) is 0.749. The van der Waals surface area contributed by atoms with E-state index >= 15 is 0 Å². The molecule has 0 aromatic carbocycles. The van der Waals surface area contributed by atoms with Crippen molar-refractivity contribution in [3.63, 3.8) is 0 Å². The predicted octanol–water partition coefficient (Wildman–Crippen LogP) is 1.57. The third-order valence-electron chi connectivity index (χ3n) is 1.21. The van der Waals surface area contributed by atoms with Crippen LogP contribution in [0.4, 0.5) is 0 Å². The van der Waals surface area contributed by atoms with Crippen LogP contribution in [0.1, 0.15) is 20.3 Å². The van der Waals surface area contributed by atoms with Crippen LogP contribution in [0.3, 0.4) is 0 Å². The molecule has 13 heavy (non-hydrogen) atoms. The van der Waals surface area contributed by atoms with Crippen molar-refractivity contribution in [1.82, 2.24) is 11.1 Å². The van der Waals surface area contributed by atoms with E-state index in [2.05, 4.69) is 0 Å². The summed E-state index contributed by atoms with van der Waals surface area (Å²) in [6.45, 7) is 4.22. The predicted molar refractivity (Wildman–Crippen MR) is 53.7 cm³/mol. The zero-order chi connectivity index (χ0) is 9.56. The average molecular weight is 188 g/mol. The first-order chi connectivity index (χ1) is 5.57. The fourth-order valence-electron chi connectivity index (χ4n) is 0.749. The Bertz CT molecular complexity index is 176. The SMILES string of the molecule is CCCOC(=O)C(C)=CN(C)C.N. The van der Waals surface area contributed by atoms with Gasteiger partial charge < -0.3 is 15.8 Å². The topological polar surface area (TPSA) is 64.5 Å². The van der Waals surface area contributed by atoms with Crippen molar-refractivity contribution in [2.24, 2.45) is 0 Å². The monoisotopic (exact) mass is 188 g/mol. The molecule has 0 fully saturated rings. The summed E-state index contributed by atoms with van der Waals surface area (Å²) in [6.07, 6.45) is 2.61. The molecule has 0 aliphatic heterocycles. The molecule has 0 amide bonds. The fraction of sp³-hybridized carbons (Fsp3) is 0.667. The lowest BCUT2D eigenvalue weighted by molar-refractivity contribution is -0.139. The van der Waals surface area contributed by atoms with E-state index in [1.807, 2.05) is 25.9 Å². The quantitative estimate of drug-likeness (QED) is 0.537. The lowest BCUT2D eigenvalue weighted by Crippen LogP contribution is -2.10. The van der Waals surface area contributed by atoms with Crippen molar-refractivity contribution in [3.05, 3.63) is 11.8 Å². The van der Waals surface area contributed by atoms with Crippen molar-refractivity contribution >= 4 is 5.97 Å². The van der Waals surface area contributed by atoms with E-state index in [4.69, 9.17) is 4.74 Å². The second-order valence-corrected chi connectivity index (χ2v) is 2.91. The Balaban J connectivity index is 0. The number of ether oxygens (including phenoxy) is 1. The van der Waals surface area contributed by atoms with Gasteiger partial charge in [0.15, 0.2) is 0 Å². The van der Waals surface area contributed by atoms with Gasteiger partial charge in [-0.3, -0.25) is 0 Å². The summed E-state index contributed by atoms with van der Waals surface area (Å²) >= 11 is 0. The summed E-state index contributed by atoms with van der Waals surface area (Å²) in [6, 6.07) is 0. The molecule has 0 aromatic rings. The van der Waals surface area contributed by atoms with Crippen LogP contribution in [0.5, 0.6) is 0 Å². The smallest absolute Gasteiger partial charge is 0.335 e. The van der Waals surface area contributed by atoms with Gasteiger partial charge in [-0.05, 0) is 13.3 Å². The van der Waals surface area contributed by atoms with E-state index in [0.717, 1.165) is 6.42 Å². The van der Waals surface area contributed by atoms with Crippen LogP contribution in [0.25, 0.3) is 0 Å². The van der Waals surface area contributed by atoms with E-state index < -0.39 is 0 Å². The molecule has 4 heteroatoms. The van der Waals surface area contributed by atoms with E-state index in [1.165, 1.54) is 0 Å². The maximum atomic E-state index is 11.1. The summed E-state index contributed by atoms with van der Waals surface area (Å²) in [5.41, 5.74) is 0.633. The lowest BCUT2D eigenvalue weighted by Gasteiger charge is -2.07. The molecule has 4 nitrogen and oxygen atoms in total. The van der Waals surface area contributed by atoms with Gasteiger partial charge in [-0.15, -0.1) is 0 Å². The Morgan fingerprint density at radius 2 is 2.00 bits per heavy atom. The van der Waals surface area contributed by atoms with Gasteiger partial charge in [0, 0.05) is 25.9 Å². The zero-order valence-corrected chi connectivity index (χ0v) is 8.96. The molecule has 0 radical (unpaired) electrons. The number of esters is 1. The van der Waals surface area contributed by atoms with Crippen LogP contribution in [-0.2, 0) is 9.53 Å². The van der Waals surface area contributed by atoms with Gasteiger partial charge in [-0.1, -0.05) is 6.92 Å². The molecule has 0 unspecified atom stereocenters. The standard InChI is InChI=1S/C9H17NO2.H3N/c1-5-6-12-9(11)8(2)7-10(3)4;/h7H,5-6H2,1-4H3;1H3. The molecule has 0 heterocycles. The van der Waals surface area contributed by atoms with E-state index in [-0.39, 0.29) is 12.1 Å². The van der Waals surface area contributed by atoms with Gasteiger partial charge in [0.2, 0.25) is 0 Å². The number of carbonyl (C=O) groups is 1. The van der Waals surface area contributed by atoms with Crippen molar-refractivity contribution in [3.8, 4) is 0 Å². The third-order valence-corrected chi connectivity index (χ3v) is 1.21. The molecule has 0 aromatic heterocycles. The first-order valence-corrected chi connectivity index (χ1v) is 4.10. The van der Waals surface area contributed by atoms with Gasteiger partial charge >= 0.3 is 5.97 Å². The molecule has 0 spiro atoms. The van der Waals surface area contributed by atoms with Crippen LogP contribution >= 0.6 is 0 Å². The molecular formula is C9H20N2O2. The number of carbonyl (C=O) groups excluding carboxylic acids is 1. The molecular weight excluding hydrogens is 168 g/mol.